The van der Waals surface area contributed by atoms with Gasteiger partial charge in [-0.05, 0) is 24.6 Å². The van der Waals surface area contributed by atoms with Crippen molar-refractivity contribution in [2.45, 2.75) is 20.1 Å². The van der Waals surface area contributed by atoms with Gasteiger partial charge < -0.3 is 4.74 Å². The number of aryl methyl sites for hydroxylation is 2. The minimum atomic E-state index is 0.459. The van der Waals surface area contributed by atoms with Gasteiger partial charge in [-0.25, -0.2) is 0 Å². The van der Waals surface area contributed by atoms with Crippen LogP contribution in [0.1, 0.15) is 16.8 Å². The molecule has 0 amide bonds. The van der Waals surface area contributed by atoms with Gasteiger partial charge in [0.15, 0.2) is 0 Å². The minimum absolute atomic E-state index is 0.459. The summed E-state index contributed by atoms with van der Waals surface area (Å²) in [4.78, 5) is 0. The lowest BCUT2D eigenvalue weighted by molar-refractivity contribution is 0.107. The predicted octanol–water partition coefficient (Wildman–Crippen LogP) is 3.75. The van der Waals surface area contributed by atoms with Gasteiger partial charge in [0.05, 0.1) is 18.9 Å². The Morgan fingerprint density at radius 1 is 1.17 bits per heavy atom. The summed E-state index contributed by atoms with van der Waals surface area (Å²) in [7, 11) is 1.82. The molecule has 0 atom stereocenters. The van der Waals surface area contributed by atoms with Gasteiger partial charge in [-0.15, -0.1) is 0 Å². The number of ether oxygens (including phenoxy) is 1. The summed E-state index contributed by atoms with van der Waals surface area (Å²) >= 11 is 11.9. The highest BCUT2D eigenvalue weighted by Gasteiger charge is 2.10. The number of benzene rings is 1. The summed E-state index contributed by atoms with van der Waals surface area (Å²) in [5, 5.41) is 5.59. The highest BCUT2D eigenvalue weighted by molar-refractivity contribution is 6.30. The topological polar surface area (TPSA) is 27.1 Å². The zero-order chi connectivity index (χ0) is 13.1. The Balaban J connectivity index is 1.94. The van der Waals surface area contributed by atoms with Crippen molar-refractivity contribution in [2.24, 2.45) is 7.05 Å². The van der Waals surface area contributed by atoms with Crippen LogP contribution >= 0.6 is 23.2 Å². The van der Waals surface area contributed by atoms with E-state index in [1.807, 2.05) is 38.2 Å². The lowest BCUT2D eigenvalue weighted by Gasteiger charge is -2.04. The first-order valence-electron chi connectivity index (χ1n) is 5.58. The van der Waals surface area contributed by atoms with Crippen molar-refractivity contribution in [3.8, 4) is 0 Å². The molecule has 1 aromatic carbocycles. The van der Waals surface area contributed by atoms with Gasteiger partial charge in [0.1, 0.15) is 5.15 Å². The monoisotopic (exact) mass is 284 g/mol. The molecule has 0 radical (unpaired) electrons. The van der Waals surface area contributed by atoms with E-state index in [4.69, 9.17) is 27.9 Å². The Morgan fingerprint density at radius 2 is 1.83 bits per heavy atom. The Labute approximate surface area is 116 Å². The van der Waals surface area contributed by atoms with E-state index >= 15 is 0 Å². The average Bonchev–Trinajstić information content (AvgIpc) is 2.58. The number of nitrogens with zero attached hydrogens (tertiary/aromatic N) is 2. The molecule has 0 N–H and O–H groups in total. The van der Waals surface area contributed by atoms with E-state index in [9.17, 15) is 0 Å². The standard InChI is InChI=1S/C13H14Cl2N2O/c1-9-12(13(15)17(2)16-9)8-18-7-10-3-5-11(14)6-4-10/h3-6H,7-8H2,1-2H3. The first kappa shape index (κ1) is 13.4. The van der Waals surface area contributed by atoms with Gasteiger partial charge in [0.2, 0.25) is 0 Å². The third-order valence-electron chi connectivity index (χ3n) is 2.70. The van der Waals surface area contributed by atoms with Crippen LogP contribution in [0.5, 0.6) is 0 Å². The molecule has 3 nitrogen and oxygen atoms in total. The number of aromatic nitrogens is 2. The molecule has 1 heterocycles. The van der Waals surface area contributed by atoms with Crippen LogP contribution in [0.4, 0.5) is 0 Å². The lowest BCUT2D eigenvalue weighted by atomic mass is 10.2. The van der Waals surface area contributed by atoms with E-state index in [1.54, 1.807) is 4.68 Å². The molecule has 0 saturated carbocycles. The molecule has 2 aromatic rings. The fourth-order valence-electron chi connectivity index (χ4n) is 1.69. The van der Waals surface area contributed by atoms with Crippen molar-refractivity contribution < 1.29 is 4.74 Å². The molecule has 0 unspecified atom stereocenters. The number of hydrogen-bond donors (Lipinski definition) is 0. The molecule has 0 fully saturated rings. The normalized spacial score (nSPS) is 10.9. The molecule has 0 aliphatic rings. The molecule has 5 heteroatoms. The summed E-state index contributed by atoms with van der Waals surface area (Å²) in [5.74, 6) is 0. The molecule has 0 aliphatic carbocycles. The van der Waals surface area contributed by atoms with Crippen molar-refractivity contribution in [2.75, 3.05) is 0 Å². The minimum Gasteiger partial charge on any atom is -0.372 e. The molecule has 2 rings (SSSR count). The molecular formula is C13H14Cl2N2O. The van der Waals surface area contributed by atoms with Gasteiger partial charge in [0.25, 0.3) is 0 Å². The molecule has 0 aliphatic heterocycles. The largest absolute Gasteiger partial charge is 0.372 e. The summed E-state index contributed by atoms with van der Waals surface area (Å²) in [6, 6.07) is 7.59. The number of halogens is 2. The quantitative estimate of drug-likeness (QED) is 0.855. The van der Waals surface area contributed by atoms with Gasteiger partial charge >= 0.3 is 0 Å². The Bertz CT molecular complexity index is 535. The molecule has 1 aromatic heterocycles. The van der Waals surface area contributed by atoms with E-state index in [0.717, 1.165) is 21.8 Å². The molecular weight excluding hydrogens is 271 g/mol. The van der Waals surface area contributed by atoms with Crippen LogP contribution in [-0.2, 0) is 25.0 Å². The molecule has 18 heavy (non-hydrogen) atoms. The smallest absolute Gasteiger partial charge is 0.132 e. The fourth-order valence-corrected chi connectivity index (χ4v) is 2.04. The third kappa shape index (κ3) is 3.05. The summed E-state index contributed by atoms with van der Waals surface area (Å²) < 4.78 is 7.29. The molecule has 0 spiro atoms. The van der Waals surface area contributed by atoms with Crippen molar-refractivity contribution in [3.63, 3.8) is 0 Å². The van der Waals surface area contributed by atoms with E-state index in [2.05, 4.69) is 5.10 Å². The second-order valence-corrected chi connectivity index (χ2v) is 4.89. The third-order valence-corrected chi connectivity index (χ3v) is 3.42. The molecule has 0 saturated heterocycles. The predicted molar refractivity (Wildman–Crippen MR) is 72.9 cm³/mol. The maximum absolute atomic E-state index is 6.12. The van der Waals surface area contributed by atoms with Gasteiger partial charge in [-0.2, -0.15) is 5.10 Å². The van der Waals surface area contributed by atoms with Crippen LogP contribution in [0, 0.1) is 6.92 Å². The first-order valence-corrected chi connectivity index (χ1v) is 6.33. The number of hydrogen-bond acceptors (Lipinski definition) is 2. The van der Waals surface area contributed by atoms with Crippen LogP contribution in [-0.4, -0.2) is 9.78 Å². The first-order chi connectivity index (χ1) is 8.58. The maximum Gasteiger partial charge on any atom is 0.132 e. The number of rotatable bonds is 4. The maximum atomic E-state index is 6.12. The highest BCUT2D eigenvalue weighted by atomic mass is 35.5. The van der Waals surface area contributed by atoms with Crippen molar-refractivity contribution in [1.82, 2.24) is 9.78 Å². The zero-order valence-corrected chi connectivity index (χ0v) is 11.8. The van der Waals surface area contributed by atoms with Crippen molar-refractivity contribution in [3.05, 3.63) is 51.3 Å². The highest BCUT2D eigenvalue weighted by Crippen LogP contribution is 2.20. The Kier molecular flexibility index (Phi) is 4.27. The Hall–Kier alpha value is -1.03. The SMILES string of the molecule is Cc1nn(C)c(Cl)c1COCc1ccc(Cl)cc1. The molecule has 0 bridgehead atoms. The molecule has 96 valence electrons. The van der Waals surface area contributed by atoms with Gasteiger partial charge in [0, 0.05) is 17.6 Å². The van der Waals surface area contributed by atoms with Crippen LogP contribution < -0.4 is 0 Å². The average molecular weight is 285 g/mol. The van der Waals surface area contributed by atoms with Crippen LogP contribution in [0.3, 0.4) is 0 Å². The van der Waals surface area contributed by atoms with Crippen molar-refractivity contribution >= 4 is 23.2 Å². The zero-order valence-electron chi connectivity index (χ0n) is 10.3. The van der Waals surface area contributed by atoms with E-state index < -0.39 is 0 Å². The van der Waals surface area contributed by atoms with E-state index in [0.29, 0.717) is 18.4 Å². The lowest BCUT2D eigenvalue weighted by Crippen LogP contribution is -1.95. The van der Waals surface area contributed by atoms with E-state index in [1.165, 1.54) is 0 Å². The van der Waals surface area contributed by atoms with Crippen LogP contribution in [0.15, 0.2) is 24.3 Å². The summed E-state index contributed by atoms with van der Waals surface area (Å²) in [5.41, 5.74) is 2.92. The fraction of sp³-hybridized carbons (Fsp3) is 0.308. The van der Waals surface area contributed by atoms with Crippen LogP contribution in [0.25, 0.3) is 0 Å². The van der Waals surface area contributed by atoms with Crippen LogP contribution in [0.2, 0.25) is 10.2 Å². The summed E-state index contributed by atoms with van der Waals surface area (Å²) in [6.07, 6.45) is 0. The Morgan fingerprint density at radius 3 is 2.39 bits per heavy atom. The van der Waals surface area contributed by atoms with Gasteiger partial charge in [-0.3, -0.25) is 4.68 Å². The second kappa shape index (κ2) is 5.74. The van der Waals surface area contributed by atoms with Crippen molar-refractivity contribution in [1.29, 1.82) is 0 Å². The van der Waals surface area contributed by atoms with Gasteiger partial charge in [-0.1, -0.05) is 35.3 Å². The second-order valence-electron chi connectivity index (χ2n) is 4.10. The van der Waals surface area contributed by atoms with E-state index in [-0.39, 0.29) is 0 Å². The summed E-state index contributed by atoms with van der Waals surface area (Å²) in [6.45, 7) is 2.91.